The van der Waals surface area contributed by atoms with Crippen molar-refractivity contribution in [2.45, 2.75) is 40.3 Å². The van der Waals surface area contributed by atoms with Crippen molar-refractivity contribution in [2.75, 3.05) is 52.2 Å². The van der Waals surface area contributed by atoms with Gasteiger partial charge in [-0.2, -0.15) is 4.31 Å². The van der Waals surface area contributed by atoms with Gasteiger partial charge in [-0.25, -0.2) is 13.4 Å². The monoisotopic (exact) mass is 568 g/mol. The number of sulfonamides is 1. The number of guanidine groups is 1. The summed E-state index contributed by atoms with van der Waals surface area (Å²) in [5, 5.41) is 3.32. The third-order valence-electron chi connectivity index (χ3n) is 4.93. The minimum Gasteiger partial charge on any atom is -0.496 e. The van der Waals surface area contributed by atoms with Gasteiger partial charge in [-0.15, -0.1) is 24.0 Å². The molecule has 1 aromatic rings. The summed E-state index contributed by atoms with van der Waals surface area (Å²) in [6, 6.07) is 6.05. The highest BCUT2D eigenvalue weighted by molar-refractivity contribution is 14.0. The Morgan fingerprint density at radius 1 is 1.23 bits per heavy atom. The molecule has 0 amide bonds. The van der Waals surface area contributed by atoms with Crippen LogP contribution in [0.2, 0.25) is 0 Å². The number of aliphatic imine (C=N–C) groups is 1. The molecule has 1 fully saturated rings. The average molecular weight is 569 g/mol. The van der Waals surface area contributed by atoms with Crippen LogP contribution in [0.4, 0.5) is 0 Å². The lowest BCUT2D eigenvalue weighted by molar-refractivity contribution is 0.0904. The second-order valence-corrected chi connectivity index (χ2v) is 9.68. The smallest absolute Gasteiger partial charge is 0.216 e. The molecule has 1 aliphatic heterocycles. The van der Waals surface area contributed by atoms with E-state index in [1.165, 1.54) is 0 Å². The van der Waals surface area contributed by atoms with E-state index < -0.39 is 10.0 Å². The summed E-state index contributed by atoms with van der Waals surface area (Å²) < 4.78 is 37.3. The van der Waals surface area contributed by atoms with Crippen LogP contribution in [0.1, 0.15) is 31.9 Å². The van der Waals surface area contributed by atoms with E-state index in [9.17, 15) is 8.42 Å². The van der Waals surface area contributed by atoms with Crippen LogP contribution < -0.4 is 10.1 Å². The van der Waals surface area contributed by atoms with Gasteiger partial charge >= 0.3 is 0 Å². The first-order valence-electron chi connectivity index (χ1n) is 10.5. The Bertz CT molecular complexity index is 810. The number of hydrogen-bond donors (Lipinski definition) is 1. The molecule has 2 rings (SSSR count). The first kappa shape index (κ1) is 27.9. The number of piperazine rings is 1. The van der Waals surface area contributed by atoms with Crippen molar-refractivity contribution in [1.29, 1.82) is 0 Å². The maximum atomic E-state index is 12.5. The first-order valence-corrected chi connectivity index (χ1v) is 12.1. The standard InChI is InChI=1S/C21H36N4O4S.HI/c1-6-22-21(23-16-19-7-8-20(28-5)18(4)15-19)24-9-11-25(12-10-24)30(26,27)14-13-29-17(2)3;/h7-8,15,17H,6,9-14,16H2,1-5H3,(H,22,23);1H. The number of benzene rings is 1. The van der Waals surface area contributed by atoms with Crippen LogP contribution in [0.5, 0.6) is 5.75 Å². The number of ether oxygens (including phenoxy) is 2. The Kier molecular flexibility index (Phi) is 12.1. The molecule has 1 aliphatic rings. The lowest BCUT2D eigenvalue weighted by Gasteiger charge is -2.36. The van der Waals surface area contributed by atoms with Crippen molar-refractivity contribution in [1.82, 2.24) is 14.5 Å². The lowest BCUT2D eigenvalue weighted by atomic mass is 10.1. The van der Waals surface area contributed by atoms with Crippen molar-refractivity contribution in [3.8, 4) is 5.75 Å². The highest BCUT2D eigenvalue weighted by atomic mass is 127. The highest BCUT2D eigenvalue weighted by Gasteiger charge is 2.28. The van der Waals surface area contributed by atoms with E-state index in [-0.39, 0.29) is 42.4 Å². The number of methoxy groups -OCH3 is 1. The molecule has 0 aromatic heterocycles. The fourth-order valence-corrected chi connectivity index (χ4v) is 4.61. The van der Waals surface area contributed by atoms with Gasteiger partial charge in [-0.1, -0.05) is 12.1 Å². The summed E-state index contributed by atoms with van der Waals surface area (Å²) in [6.45, 7) is 11.5. The van der Waals surface area contributed by atoms with Crippen molar-refractivity contribution < 1.29 is 17.9 Å². The van der Waals surface area contributed by atoms with Crippen LogP contribution in [0, 0.1) is 6.92 Å². The number of rotatable bonds is 9. The van der Waals surface area contributed by atoms with Gasteiger partial charge in [-0.3, -0.25) is 0 Å². The molecule has 1 aromatic carbocycles. The van der Waals surface area contributed by atoms with Crippen molar-refractivity contribution in [3.63, 3.8) is 0 Å². The Balaban J connectivity index is 0.00000480. The van der Waals surface area contributed by atoms with Gasteiger partial charge in [0.25, 0.3) is 0 Å². The summed E-state index contributed by atoms with van der Waals surface area (Å²) >= 11 is 0. The molecule has 0 saturated carbocycles. The Hall–Kier alpha value is -1.11. The van der Waals surface area contributed by atoms with Crippen molar-refractivity contribution in [2.24, 2.45) is 4.99 Å². The molecule has 0 unspecified atom stereocenters. The maximum absolute atomic E-state index is 12.5. The molecule has 10 heteroatoms. The van der Waals surface area contributed by atoms with Crippen LogP contribution in [0.3, 0.4) is 0 Å². The van der Waals surface area contributed by atoms with E-state index in [1.807, 2.05) is 39.8 Å². The number of aryl methyl sites for hydroxylation is 1. The third-order valence-corrected chi connectivity index (χ3v) is 6.76. The SMILES string of the molecule is CCNC(=NCc1ccc(OC)c(C)c1)N1CCN(S(=O)(=O)CCOC(C)C)CC1.I. The average Bonchev–Trinajstić information content (AvgIpc) is 2.71. The fraction of sp³-hybridized carbons (Fsp3) is 0.667. The first-order chi connectivity index (χ1) is 14.3. The van der Waals surface area contributed by atoms with Crippen LogP contribution >= 0.6 is 24.0 Å². The lowest BCUT2D eigenvalue weighted by Crippen LogP contribution is -2.54. The second kappa shape index (κ2) is 13.4. The molecule has 178 valence electrons. The predicted octanol–water partition coefficient (Wildman–Crippen LogP) is 2.46. The quantitative estimate of drug-likeness (QED) is 0.280. The molecular weight excluding hydrogens is 531 g/mol. The molecule has 31 heavy (non-hydrogen) atoms. The summed E-state index contributed by atoms with van der Waals surface area (Å²) in [5.41, 5.74) is 2.19. The maximum Gasteiger partial charge on any atom is 0.216 e. The summed E-state index contributed by atoms with van der Waals surface area (Å²) in [4.78, 5) is 6.88. The largest absolute Gasteiger partial charge is 0.496 e. The Morgan fingerprint density at radius 2 is 1.90 bits per heavy atom. The third kappa shape index (κ3) is 8.74. The van der Waals surface area contributed by atoms with Crippen LogP contribution in [0.25, 0.3) is 0 Å². The van der Waals surface area contributed by atoms with E-state index in [0.717, 1.165) is 29.4 Å². The summed E-state index contributed by atoms with van der Waals surface area (Å²) in [7, 11) is -1.63. The van der Waals surface area contributed by atoms with Gasteiger partial charge in [0.2, 0.25) is 10.0 Å². The van der Waals surface area contributed by atoms with Gasteiger partial charge in [0.15, 0.2) is 5.96 Å². The van der Waals surface area contributed by atoms with Gasteiger partial charge < -0.3 is 19.7 Å². The molecule has 1 heterocycles. The van der Waals surface area contributed by atoms with Gasteiger partial charge in [0.05, 0.1) is 32.1 Å². The predicted molar refractivity (Wildman–Crippen MR) is 136 cm³/mol. The molecule has 0 spiro atoms. The molecular formula is C21H37IN4O4S. The van der Waals surface area contributed by atoms with Crippen molar-refractivity contribution in [3.05, 3.63) is 29.3 Å². The molecule has 0 bridgehead atoms. The molecule has 0 atom stereocenters. The molecule has 1 saturated heterocycles. The zero-order valence-corrected chi connectivity index (χ0v) is 22.4. The van der Waals surface area contributed by atoms with Gasteiger partial charge in [0.1, 0.15) is 5.75 Å². The van der Waals surface area contributed by atoms with Crippen LogP contribution in [-0.4, -0.2) is 81.9 Å². The molecule has 1 N–H and O–H groups in total. The number of hydrogen-bond acceptors (Lipinski definition) is 5. The zero-order valence-electron chi connectivity index (χ0n) is 19.3. The van der Waals surface area contributed by atoms with Crippen LogP contribution in [-0.2, 0) is 21.3 Å². The second-order valence-electron chi connectivity index (χ2n) is 7.60. The summed E-state index contributed by atoms with van der Waals surface area (Å²) in [5.74, 6) is 1.70. The minimum atomic E-state index is -3.30. The Labute approximate surface area is 204 Å². The number of nitrogens with zero attached hydrogens (tertiary/aromatic N) is 3. The van der Waals surface area contributed by atoms with Crippen LogP contribution in [0.15, 0.2) is 23.2 Å². The fourth-order valence-electron chi connectivity index (χ4n) is 3.33. The number of halogens is 1. The van der Waals surface area contributed by atoms with E-state index in [1.54, 1.807) is 11.4 Å². The van der Waals surface area contributed by atoms with E-state index >= 15 is 0 Å². The van der Waals surface area contributed by atoms with Gasteiger partial charge in [0, 0.05) is 32.7 Å². The van der Waals surface area contributed by atoms with Crippen molar-refractivity contribution >= 4 is 40.0 Å². The Morgan fingerprint density at radius 3 is 2.45 bits per heavy atom. The number of nitrogens with one attached hydrogen (secondary N) is 1. The van der Waals surface area contributed by atoms with E-state index in [4.69, 9.17) is 14.5 Å². The minimum absolute atomic E-state index is 0. The molecule has 0 aliphatic carbocycles. The molecule has 0 radical (unpaired) electrons. The van der Waals surface area contributed by atoms with Gasteiger partial charge in [-0.05, 0) is 44.9 Å². The summed E-state index contributed by atoms with van der Waals surface area (Å²) in [6.07, 6.45) is 0.0328. The highest BCUT2D eigenvalue weighted by Crippen LogP contribution is 2.19. The normalized spacial score (nSPS) is 15.7. The van der Waals surface area contributed by atoms with E-state index in [2.05, 4.69) is 16.3 Å². The topological polar surface area (TPSA) is 83.5 Å². The van der Waals surface area contributed by atoms with E-state index in [0.29, 0.717) is 32.7 Å². The zero-order chi connectivity index (χ0) is 22.1. The molecule has 8 nitrogen and oxygen atoms in total.